The lowest BCUT2D eigenvalue weighted by atomic mass is 10.1. The third-order valence-corrected chi connectivity index (χ3v) is 7.42. The summed E-state index contributed by atoms with van der Waals surface area (Å²) in [7, 11) is -3.87. The van der Waals surface area contributed by atoms with Gasteiger partial charge in [0.05, 0.1) is 24.5 Å². The molecule has 1 saturated heterocycles. The average molecular weight is 504 g/mol. The zero-order valence-electron chi connectivity index (χ0n) is 17.8. The van der Waals surface area contributed by atoms with E-state index in [-0.39, 0.29) is 28.1 Å². The SMILES string of the molecule is O=C(O)Oc1ccc(-c2ccc(S(=O)(=O)Nc3ncc(CC(=O)N4CCOCC4)s3)cc2)cc1. The summed E-state index contributed by atoms with van der Waals surface area (Å²) in [4.78, 5) is 29.5. The van der Waals surface area contributed by atoms with Crippen LogP contribution in [0, 0.1) is 0 Å². The molecule has 10 nitrogen and oxygen atoms in total. The van der Waals surface area contributed by atoms with Crippen molar-refractivity contribution in [2.75, 3.05) is 31.0 Å². The number of amides is 1. The molecule has 34 heavy (non-hydrogen) atoms. The predicted octanol–water partition coefficient (Wildman–Crippen LogP) is 3.07. The maximum Gasteiger partial charge on any atom is 0.511 e. The second kappa shape index (κ2) is 10.2. The molecule has 0 spiro atoms. The highest BCUT2D eigenvalue weighted by atomic mass is 32.2. The minimum atomic E-state index is -3.87. The Kier molecular flexibility index (Phi) is 7.10. The highest BCUT2D eigenvalue weighted by Crippen LogP contribution is 2.26. The highest BCUT2D eigenvalue weighted by Gasteiger charge is 2.20. The van der Waals surface area contributed by atoms with Gasteiger partial charge in [-0.2, -0.15) is 0 Å². The summed E-state index contributed by atoms with van der Waals surface area (Å²) in [6.45, 7) is 2.13. The van der Waals surface area contributed by atoms with Crippen molar-refractivity contribution in [3.05, 3.63) is 59.6 Å². The molecular weight excluding hydrogens is 482 g/mol. The van der Waals surface area contributed by atoms with E-state index in [0.717, 1.165) is 22.5 Å². The van der Waals surface area contributed by atoms with Gasteiger partial charge >= 0.3 is 6.16 Å². The number of anilines is 1. The van der Waals surface area contributed by atoms with Gasteiger partial charge in [-0.15, -0.1) is 11.3 Å². The van der Waals surface area contributed by atoms with Crippen LogP contribution in [0.15, 0.2) is 59.6 Å². The van der Waals surface area contributed by atoms with Crippen LogP contribution in [0.3, 0.4) is 0 Å². The van der Waals surface area contributed by atoms with Gasteiger partial charge < -0.3 is 19.5 Å². The van der Waals surface area contributed by atoms with E-state index in [0.29, 0.717) is 31.2 Å². The molecule has 0 unspecified atom stereocenters. The number of carboxylic acid groups (broad SMARTS) is 1. The molecule has 1 aliphatic rings. The first-order valence-corrected chi connectivity index (χ1v) is 12.5. The number of thiazole rings is 1. The number of morpholine rings is 1. The lowest BCUT2D eigenvalue weighted by Gasteiger charge is -2.26. The first-order valence-electron chi connectivity index (χ1n) is 10.2. The van der Waals surface area contributed by atoms with Gasteiger partial charge in [-0.1, -0.05) is 24.3 Å². The van der Waals surface area contributed by atoms with Crippen LogP contribution in [0.2, 0.25) is 0 Å². The van der Waals surface area contributed by atoms with Crippen molar-refractivity contribution in [1.29, 1.82) is 0 Å². The number of benzene rings is 2. The molecule has 2 heterocycles. The van der Waals surface area contributed by atoms with E-state index in [2.05, 4.69) is 14.4 Å². The van der Waals surface area contributed by atoms with Gasteiger partial charge in [0.15, 0.2) is 5.13 Å². The van der Waals surface area contributed by atoms with Crippen LogP contribution in [0.1, 0.15) is 4.88 Å². The van der Waals surface area contributed by atoms with E-state index in [1.807, 2.05) is 0 Å². The Balaban J connectivity index is 1.39. The van der Waals surface area contributed by atoms with Crippen LogP contribution in [0.5, 0.6) is 5.75 Å². The summed E-state index contributed by atoms with van der Waals surface area (Å²) in [6.07, 6.45) is 0.261. The first kappa shape index (κ1) is 23.7. The maximum absolute atomic E-state index is 12.8. The predicted molar refractivity (Wildman–Crippen MR) is 125 cm³/mol. The van der Waals surface area contributed by atoms with Crippen LogP contribution >= 0.6 is 11.3 Å². The summed E-state index contributed by atoms with van der Waals surface area (Å²) in [5.74, 6) is 0.147. The van der Waals surface area contributed by atoms with Gasteiger partial charge in [0.1, 0.15) is 5.75 Å². The molecule has 2 aromatic carbocycles. The standard InChI is InChI=1S/C22H21N3O7S2/c26-20(25-9-11-31-12-10-25)13-18-14-23-21(33-18)24-34(29,30)19-7-3-16(4-8-19)15-1-5-17(6-2-15)32-22(27)28/h1-8,14H,9-13H2,(H,23,24)(H,27,28). The van der Waals surface area contributed by atoms with Crippen LogP contribution in [-0.2, 0) is 26.0 Å². The normalized spacial score (nSPS) is 13.9. The molecule has 0 aliphatic carbocycles. The molecule has 178 valence electrons. The number of hydrogen-bond acceptors (Lipinski definition) is 8. The van der Waals surface area contributed by atoms with Crippen molar-refractivity contribution in [1.82, 2.24) is 9.88 Å². The van der Waals surface area contributed by atoms with Gasteiger partial charge in [-0.25, -0.2) is 18.2 Å². The average Bonchev–Trinajstić information content (AvgIpc) is 3.25. The fourth-order valence-corrected chi connectivity index (χ4v) is 5.37. The number of aromatic nitrogens is 1. The van der Waals surface area contributed by atoms with Crippen molar-refractivity contribution < 1.29 is 32.6 Å². The molecule has 0 radical (unpaired) electrons. The van der Waals surface area contributed by atoms with E-state index in [1.54, 1.807) is 29.2 Å². The second-order valence-electron chi connectivity index (χ2n) is 7.32. The number of nitrogens with zero attached hydrogens (tertiary/aromatic N) is 2. The van der Waals surface area contributed by atoms with Crippen LogP contribution in [0.4, 0.5) is 9.93 Å². The van der Waals surface area contributed by atoms with Gasteiger partial charge in [0, 0.05) is 24.2 Å². The van der Waals surface area contributed by atoms with Gasteiger partial charge in [-0.3, -0.25) is 9.52 Å². The van der Waals surface area contributed by atoms with E-state index < -0.39 is 16.2 Å². The van der Waals surface area contributed by atoms with Crippen LogP contribution in [0.25, 0.3) is 11.1 Å². The van der Waals surface area contributed by atoms with E-state index >= 15 is 0 Å². The minimum Gasteiger partial charge on any atom is -0.449 e. The molecular formula is C22H21N3O7S2. The Morgan fingerprint density at radius 1 is 1.06 bits per heavy atom. The van der Waals surface area contributed by atoms with Crippen molar-refractivity contribution in [3.8, 4) is 16.9 Å². The van der Waals surface area contributed by atoms with Gasteiger partial charge in [0.2, 0.25) is 5.91 Å². The Hall–Kier alpha value is -3.48. The van der Waals surface area contributed by atoms with Crippen molar-refractivity contribution in [3.63, 3.8) is 0 Å². The van der Waals surface area contributed by atoms with E-state index in [9.17, 15) is 18.0 Å². The monoisotopic (exact) mass is 503 g/mol. The zero-order chi connectivity index (χ0) is 24.1. The molecule has 0 atom stereocenters. The molecule has 1 aliphatic heterocycles. The highest BCUT2D eigenvalue weighted by molar-refractivity contribution is 7.93. The Morgan fingerprint density at radius 3 is 2.29 bits per heavy atom. The van der Waals surface area contributed by atoms with Crippen molar-refractivity contribution in [2.45, 2.75) is 11.3 Å². The smallest absolute Gasteiger partial charge is 0.449 e. The molecule has 1 amide bonds. The summed E-state index contributed by atoms with van der Waals surface area (Å²) in [5, 5.41) is 8.83. The molecule has 4 rings (SSSR count). The van der Waals surface area contributed by atoms with Crippen LogP contribution in [-0.4, -0.2) is 61.8 Å². The second-order valence-corrected chi connectivity index (χ2v) is 10.1. The summed E-state index contributed by atoms with van der Waals surface area (Å²) >= 11 is 1.12. The van der Waals surface area contributed by atoms with Crippen molar-refractivity contribution in [2.24, 2.45) is 0 Å². The van der Waals surface area contributed by atoms with Crippen molar-refractivity contribution >= 4 is 38.6 Å². The Labute approximate surface area is 199 Å². The molecule has 0 saturated carbocycles. The summed E-state index contributed by atoms with van der Waals surface area (Å²) < 4.78 is 37.8. The number of rotatable bonds is 7. The number of hydrogen-bond donors (Lipinski definition) is 2. The van der Waals surface area contributed by atoms with E-state index in [4.69, 9.17) is 9.84 Å². The largest absolute Gasteiger partial charge is 0.511 e. The number of sulfonamides is 1. The fourth-order valence-electron chi connectivity index (χ4n) is 3.33. The lowest BCUT2D eigenvalue weighted by Crippen LogP contribution is -2.41. The quantitative estimate of drug-likeness (QED) is 0.371. The number of carbonyl (C=O) groups excluding carboxylic acids is 1. The summed E-state index contributed by atoms with van der Waals surface area (Å²) in [6, 6.07) is 12.6. The topological polar surface area (TPSA) is 135 Å². The fraction of sp³-hybridized carbons (Fsp3) is 0.227. The third-order valence-electron chi connectivity index (χ3n) is 5.02. The zero-order valence-corrected chi connectivity index (χ0v) is 19.5. The molecule has 0 bridgehead atoms. The van der Waals surface area contributed by atoms with Gasteiger partial charge in [0.25, 0.3) is 10.0 Å². The first-order chi connectivity index (χ1) is 16.3. The lowest BCUT2D eigenvalue weighted by molar-refractivity contribution is -0.134. The maximum atomic E-state index is 12.8. The Morgan fingerprint density at radius 2 is 1.68 bits per heavy atom. The molecule has 2 N–H and O–H groups in total. The molecule has 12 heteroatoms. The number of ether oxygens (including phenoxy) is 2. The molecule has 1 aromatic heterocycles. The Bertz CT molecular complexity index is 1270. The van der Waals surface area contributed by atoms with Crippen LogP contribution < -0.4 is 9.46 Å². The summed E-state index contributed by atoms with van der Waals surface area (Å²) in [5.41, 5.74) is 1.52. The molecule has 3 aromatic rings. The molecule has 1 fully saturated rings. The van der Waals surface area contributed by atoms with E-state index in [1.165, 1.54) is 30.5 Å². The van der Waals surface area contributed by atoms with Gasteiger partial charge in [-0.05, 0) is 35.4 Å². The number of nitrogens with one attached hydrogen (secondary N) is 1. The third kappa shape index (κ3) is 5.90. The minimum absolute atomic E-state index is 0.0421. The number of carbonyl (C=O) groups is 2.